The van der Waals surface area contributed by atoms with Crippen LogP contribution in [0.1, 0.15) is 84.1 Å². The van der Waals surface area contributed by atoms with Crippen molar-refractivity contribution in [3.8, 4) is 5.75 Å². The molecule has 0 atom stereocenters. The van der Waals surface area contributed by atoms with Gasteiger partial charge >= 0.3 is 5.97 Å². The molecule has 2 aliphatic rings. The Morgan fingerprint density at radius 2 is 1.82 bits per heavy atom. The molecule has 2 aromatic rings. The largest absolute Gasteiger partial charge is 0.488 e. The van der Waals surface area contributed by atoms with Crippen LogP contribution in [0.3, 0.4) is 0 Å². The van der Waals surface area contributed by atoms with Crippen LogP contribution in [0.5, 0.6) is 5.75 Å². The van der Waals surface area contributed by atoms with Crippen molar-refractivity contribution in [2.24, 2.45) is 5.41 Å². The van der Waals surface area contributed by atoms with Gasteiger partial charge in [0.25, 0.3) is 0 Å². The first-order valence-corrected chi connectivity index (χ1v) is 12.3. The van der Waals surface area contributed by atoms with Crippen molar-refractivity contribution in [2.45, 2.75) is 90.1 Å². The Kier molecular flexibility index (Phi) is 6.96. The molecule has 180 valence electrons. The molecule has 6 nitrogen and oxygen atoms in total. The van der Waals surface area contributed by atoms with E-state index in [2.05, 4.69) is 9.88 Å². The van der Waals surface area contributed by atoms with Crippen LogP contribution in [-0.4, -0.2) is 28.3 Å². The van der Waals surface area contributed by atoms with Crippen molar-refractivity contribution < 1.29 is 19.0 Å². The number of nitrogens with one attached hydrogen (secondary N) is 1. The topological polar surface area (TPSA) is 80.6 Å². The van der Waals surface area contributed by atoms with Gasteiger partial charge < -0.3 is 19.7 Å². The number of carboxylic acid groups (broad SMARTS) is 1. The molecule has 7 heteroatoms. The predicted octanol–water partition coefficient (Wildman–Crippen LogP) is 5.88. The van der Waals surface area contributed by atoms with Gasteiger partial charge in [-0.2, -0.15) is 0 Å². The highest BCUT2D eigenvalue weighted by Crippen LogP contribution is 2.35. The van der Waals surface area contributed by atoms with Crippen molar-refractivity contribution in [2.75, 3.05) is 11.9 Å². The van der Waals surface area contributed by atoms with E-state index in [1.807, 2.05) is 0 Å². The van der Waals surface area contributed by atoms with Gasteiger partial charge in [0.05, 0.1) is 34.8 Å². The molecule has 2 N–H and O–H groups in total. The number of halogens is 1. The average Bonchev–Trinajstić information content (AvgIpc) is 3.32. The molecular formula is C26H35FN2O4. The molecule has 0 saturated heterocycles. The number of fused-ring (bicyclic) bond motifs is 1. The van der Waals surface area contributed by atoms with Gasteiger partial charge in [-0.1, -0.05) is 32.1 Å². The lowest BCUT2D eigenvalue weighted by atomic mass is 9.90. The number of carbonyl (C=O) groups is 1. The van der Waals surface area contributed by atoms with Gasteiger partial charge in [-0.25, -0.2) is 4.39 Å². The number of rotatable bonds is 8. The number of hydrogen-bond acceptors (Lipinski definition) is 4. The summed E-state index contributed by atoms with van der Waals surface area (Å²) in [7, 11) is 0. The van der Waals surface area contributed by atoms with E-state index in [9.17, 15) is 14.7 Å². The van der Waals surface area contributed by atoms with Crippen molar-refractivity contribution in [1.29, 1.82) is 0 Å². The standard InChI is InChI=1S/C26H35FN2O4/c1-26(2,25(31)32)12-13-33-23-16-29(18-10-6-7-11-18)22-15-21(20(27)14-19(22)24(23)30)28-17-8-4-3-5-9-17/h14-18,28H,3-13H2,1-2H3,(H,31,32). The molecule has 1 aromatic carbocycles. The minimum absolute atomic E-state index is 0.106. The third-order valence-corrected chi connectivity index (χ3v) is 7.33. The molecule has 1 aromatic heterocycles. The summed E-state index contributed by atoms with van der Waals surface area (Å²) in [4.78, 5) is 24.6. The fourth-order valence-corrected chi connectivity index (χ4v) is 5.03. The molecule has 0 bridgehead atoms. The lowest BCUT2D eigenvalue weighted by Crippen LogP contribution is -2.26. The number of aromatic nitrogens is 1. The van der Waals surface area contributed by atoms with Crippen LogP contribution >= 0.6 is 0 Å². The molecule has 0 spiro atoms. The zero-order valence-electron chi connectivity index (χ0n) is 19.7. The highest BCUT2D eigenvalue weighted by Gasteiger charge is 2.27. The molecule has 0 aliphatic heterocycles. The molecular weight excluding hydrogens is 423 g/mol. The lowest BCUT2D eigenvalue weighted by molar-refractivity contribution is -0.147. The van der Waals surface area contributed by atoms with E-state index in [1.54, 1.807) is 26.1 Å². The second kappa shape index (κ2) is 9.74. The first kappa shape index (κ1) is 23.6. The Hall–Kier alpha value is -2.57. The van der Waals surface area contributed by atoms with Gasteiger partial charge in [0.15, 0.2) is 5.75 Å². The number of ether oxygens (including phenoxy) is 1. The van der Waals surface area contributed by atoms with Crippen molar-refractivity contribution in [1.82, 2.24) is 4.57 Å². The summed E-state index contributed by atoms with van der Waals surface area (Å²) in [6, 6.07) is 3.62. The quantitative estimate of drug-likeness (QED) is 0.516. The van der Waals surface area contributed by atoms with Gasteiger partial charge in [0.1, 0.15) is 5.82 Å². The zero-order chi connectivity index (χ0) is 23.6. The Bertz CT molecular complexity index is 1070. The molecule has 0 amide bonds. The van der Waals surface area contributed by atoms with E-state index in [0.717, 1.165) is 56.9 Å². The van der Waals surface area contributed by atoms with Crippen LogP contribution in [0.2, 0.25) is 0 Å². The predicted molar refractivity (Wildman–Crippen MR) is 128 cm³/mol. The summed E-state index contributed by atoms with van der Waals surface area (Å²) in [6.07, 6.45) is 11.9. The second-order valence-electron chi connectivity index (χ2n) is 10.3. The second-order valence-corrected chi connectivity index (χ2v) is 10.3. The van der Waals surface area contributed by atoms with Crippen molar-refractivity contribution >= 4 is 22.6 Å². The van der Waals surface area contributed by atoms with Crippen LogP contribution in [0.15, 0.2) is 23.1 Å². The molecule has 0 radical (unpaired) electrons. The van der Waals surface area contributed by atoms with E-state index in [0.29, 0.717) is 11.1 Å². The minimum Gasteiger partial charge on any atom is -0.488 e. The van der Waals surface area contributed by atoms with Gasteiger partial charge in [-0.15, -0.1) is 0 Å². The third kappa shape index (κ3) is 5.17. The normalized spacial score (nSPS) is 18.0. The molecule has 4 rings (SSSR count). The SMILES string of the molecule is CC(C)(CCOc1cn(C2CCCC2)c2cc(NC3CCCCC3)c(F)cc2c1=O)C(=O)O. The van der Waals surface area contributed by atoms with E-state index in [1.165, 1.54) is 12.5 Å². The lowest BCUT2D eigenvalue weighted by Gasteiger charge is -2.25. The molecule has 0 unspecified atom stereocenters. The highest BCUT2D eigenvalue weighted by molar-refractivity contribution is 5.84. The monoisotopic (exact) mass is 458 g/mol. The van der Waals surface area contributed by atoms with Crippen LogP contribution in [0.4, 0.5) is 10.1 Å². The average molecular weight is 459 g/mol. The Morgan fingerprint density at radius 1 is 1.15 bits per heavy atom. The van der Waals surface area contributed by atoms with Gasteiger partial charge in [0, 0.05) is 12.1 Å². The summed E-state index contributed by atoms with van der Waals surface area (Å²) >= 11 is 0. The van der Waals surface area contributed by atoms with E-state index < -0.39 is 17.2 Å². The van der Waals surface area contributed by atoms with Gasteiger partial charge in [-0.3, -0.25) is 9.59 Å². The highest BCUT2D eigenvalue weighted by atomic mass is 19.1. The summed E-state index contributed by atoms with van der Waals surface area (Å²) in [5.41, 5.74) is -0.120. The number of nitrogens with zero attached hydrogens (tertiary/aromatic N) is 1. The van der Waals surface area contributed by atoms with Crippen LogP contribution in [0, 0.1) is 11.2 Å². The maximum absolute atomic E-state index is 15.1. The maximum atomic E-state index is 15.1. The third-order valence-electron chi connectivity index (χ3n) is 7.33. The Labute approximate surface area is 194 Å². The number of carboxylic acids is 1. The first-order chi connectivity index (χ1) is 15.8. The smallest absolute Gasteiger partial charge is 0.309 e. The summed E-state index contributed by atoms with van der Waals surface area (Å²) in [6.45, 7) is 3.37. The number of anilines is 1. The van der Waals surface area contributed by atoms with Crippen LogP contribution < -0.4 is 15.5 Å². The first-order valence-electron chi connectivity index (χ1n) is 12.3. The number of aliphatic carboxylic acids is 1. The molecule has 2 fully saturated rings. The van der Waals surface area contributed by atoms with E-state index in [-0.39, 0.29) is 36.3 Å². The summed E-state index contributed by atoms with van der Waals surface area (Å²) < 4.78 is 22.9. The molecule has 1 heterocycles. The van der Waals surface area contributed by atoms with Crippen LogP contribution in [0.25, 0.3) is 10.9 Å². The number of pyridine rings is 1. The summed E-state index contributed by atoms with van der Waals surface area (Å²) in [5.74, 6) is -1.18. The zero-order valence-corrected chi connectivity index (χ0v) is 19.7. The van der Waals surface area contributed by atoms with Crippen molar-refractivity contribution in [3.63, 3.8) is 0 Å². The molecule has 2 saturated carbocycles. The fourth-order valence-electron chi connectivity index (χ4n) is 5.03. The fraction of sp³-hybridized carbons (Fsp3) is 0.615. The van der Waals surface area contributed by atoms with E-state index >= 15 is 4.39 Å². The summed E-state index contributed by atoms with van der Waals surface area (Å²) in [5, 5.41) is 13.0. The minimum atomic E-state index is -0.951. The van der Waals surface area contributed by atoms with E-state index in [4.69, 9.17) is 4.74 Å². The van der Waals surface area contributed by atoms with Gasteiger partial charge in [0.2, 0.25) is 5.43 Å². The Balaban J connectivity index is 1.68. The molecule has 33 heavy (non-hydrogen) atoms. The Morgan fingerprint density at radius 3 is 2.48 bits per heavy atom. The number of benzene rings is 1. The van der Waals surface area contributed by atoms with Crippen molar-refractivity contribution in [3.05, 3.63) is 34.4 Å². The maximum Gasteiger partial charge on any atom is 0.309 e. The van der Waals surface area contributed by atoms with Gasteiger partial charge in [-0.05, 0) is 58.1 Å². The number of hydrogen-bond donors (Lipinski definition) is 2. The molecule has 2 aliphatic carbocycles. The van der Waals surface area contributed by atoms with Crippen LogP contribution in [-0.2, 0) is 4.79 Å².